The summed E-state index contributed by atoms with van der Waals surface area (Å²) in [5.74, 6) is -0.772. The Hall–Kier alpha value is -2.36. The van der Waals surface area contributed by atoms with Gasteiger partial charge in [-0.15, -0.1) is 0 Å². The molecule has 0 atom stereocenters. The van der Waals surface area contributed by atoms with Crippen LogP contribution in [0.4, 0.5) is 22.7 Å². The number of sulfonamides is 2. The fraction of sp³-hybridized carbons (Fsp3) is 0.0909. The molecule has 16 heteroatoms. The zero-order valence-electron chi connectivity index (χ0n) is 19.4. The zero-order chi connectivity index (χ0) is 28.4. The summed E-state index contributed by atoms with van der Waals surface area (Å²) in [5, 5.41) is 4.93. The van der Waals surface area contributed by atoms with Crippen molar-refractivity contribution in [1.29, 1.82) is 0 Å². The molecule has 4 N–H and O–H groups in total. The van der Waals surface area contributed by atoms with Crippen LogP contribution in [0.15, 0.2) is 67.3 Å². The molecule has 0 aromatic heterocycles. The lowest BCUT2D eigenvalue weighted by Gasteiger charge is -2.17. The Morgan fingerprint density at radius 2 is 0.974 bits per heavy atom. The van der Waals surface area contributed by atoms with Crippen molar-refractivity contribution in [2.75, 3.05) is 20.1 Å². The van der Waals surface area contributed by atoms with E-state index >= 15 is 0 Å². The molecule has 0 aliphatic rings. The number of amides is 2. The highest BCUT2D eigenvalue weighted by Gasteiger charge is 2.23. The van der Waals surface area contributed by atoms with Crippen LogP contribution in [0.25, 0.3) is 0 Å². The molecule has 0 fully saturated rings. The van der Waals surface area contributed by atoms with Crippen LogP contribution < -0.4 is 20.1 Å². The number of carbonyl (C=O) groups excluding carboxylic acids is 2. The van der Waals surface area contributed by atoms with Gasteiger partial charge >= 0.3 is 0 Å². The van der Waals surface area contributed by atoms with Crippen molar-refractivity contribution >= 4 is 110 Å². The van der Waals surface area contributed by atoms with E-state index in [9.17, 15) is 26.4 Å². The first kappa shape index (κ1) is 30.2. The van der Waals surface area contributed by atoms with Crippen molar-refractivity contribution in [2.24, 2.45) is 0 Å². The number of hydrogen-bond acceptors (Lipinski definition) is 6. The van der Waals surface area contributed by atoms with Crippen molar-refractivity contribution in [1.82, 2.24) is 0 Å². The minimum absolute atomic E-state index is 0.0134. The molecule has 0 bridgehead atoms. The highest BCUT2D eigenvalue weighted by Crippen LogP contribution is 2.36. The predicted molar refractivity (Wildman–Crippen MR) is 155 cm³/mol. The van der Waals surface area contributed by atoms with E-state index in [1.54, 1.807) is 0 Å². The fourth-order valence-electron chi connectivity index (χ4n) is 3.03. The summed E-state index contributed by atoms with van der Waals surface area (Å²) in [6, 6.07) is 10.1. The number of carbonyl (C=O) groups is 2. The number of rotatable bonds is 8. The van der Waals surface area contributed by atoms with Gasteiger partial charge in [0.15, 0.2) is 0 Å². The first-order valence-electron chi connectivity index (χ1n) is 10.3. The molecule has 3 rings (SSSR count). The van der Waals surface area contributed by atoms with Crippen LogP contribution in [0.1, 0.15) is 13.8 Å². The lowest BCUT2D eigenvalue weighted by molar-refractivity contribution is -0.115. The smallest absolute Gasteiger partial charge is 0.262 e. The molecule has 38 heavy (non-hydrogen) atoms. The third-order valence-corrected chi connectivity index (χ3v) is 9.87. The quantitative estimate of drug-likeness (QED) is 0.222. The lowest BCUT2D eigenvalue weighted by atomic mass is 10.3. The second-order valence-electron chi connectivity index (χ2n) is 7.67. The molecule has 3 aromatic rings. The van der Waals surface area contributed by atoms with Gasteiger partial charge in [-0.1, -0.05) is 23.2 Å². The Morgan fingerprint density at radius 1 is 0.632 bits per heavy atom. The van der Waals surface area contributed by atoms with E-state index in [-0.39, 0.29) is 54.4 Å². The number of nitrogens with one attached hydrogen (secondary N) is 4. The van der Waals surface area contributed by atoms with Crippen LogP contribution >= 0.6 is 55.1 Å². The fourth-order valence-corrected chi connectivity index (χ4v) is 6.50. The van der Waals surface area contributed by atoms with Crippen molar-refractivity contribution in [2.45, 2.75) is 23.6 Å². The van der Waals surface area contributed by atoms with Crippen molar-refractivity contribution < 1.29 is 26.4 Å². The van der Waals surface area contributed by atoms with Gasteiger partial charge in [-0.05, 0) is 80.4 Å². The van der Waals surface area contributed by atoms with E-state index in [0.717, 1.165) is 12.1 Å². The third kappa shape index (κ3) is 7.39. The summed E-state index contributed by atoms with van der Waals surface area (Å²) in [6.07, 6.45) is 0. The van der Waals surface area contributed by atoms with Crippen LogP contribution in [0.3, 0.4) is 0 Å². The first-order valence-corrected chi connectivity index (χ1v) is 15.6. The zero-order valence-corrected chi connectivity index (χ0v) is 25.7. The second-order valence-corrected chi connectivity index (χ2v) is 13.6. The van der Waals surface area contributed by atoms with E-state index in [2.05, 4.69) is 51.9 Å². The Balaban J connectivity index is 1.97. The van der Waals surface area contributed by atoms with Gasteiger partial charge in [0, 0.05) is 22.8 Å². The van der Waals surface area contributed by atoms with Gasteiger partial charge in [0.25, 0.3) is 20.0 Å². The third-order valence-electron chi connectivity index (χ3n) is 4.67. The maximum atomic E-state index is 13.1. The van der Waals surface area contributed by atoms with E-state index in [0.29, 0.717) is 8.95 Å². The minimum Gasteiger partial charge on any atom is -0.325 e. The summed E-state index contributed by atoms with van der Waals surface area (Å²) in [7, 11) is -8.51. The summed E-state index contributed by atoms with van der Waals surface area (Å²) in [6.45, 7) is 2.56. The Bertz CT molecular complexity index is 1550. The van der Waals surface area contributed by atoms with Gasteiger partial charge in [-0.3, -0.25) is 19.0 Å². The molecule has 0 aliphatic carbocycles. The molecule has 0 unspecified atom stereocenters. The molecular formula is C22H18Br2Cl2N4O6S2. The topological polar surface area (TPSA) is 151 Å². The highest BCUT2D eigenvalue weighted by atomic mass is 79.9. The van der Waals surface area contributed by atoms with Gasteiger partial charge in [0.1, 0.15) is 0 Å². The van der Waals surface area contributed by atoms with E-state index < -0.39 is 20.0 Å². The molecule has 10 nitrogen and oxygen atoms in total. The minimum atomic E-state index is -4.26. The Kier molecular flexibility index (Phi) is 9.37. The van der Waals surface area contributed by atoms with Gasteiger partial charge in [0.2, 0.25) is 11.8 Å². The Morgan fingerprint density at radius 3 is 1.26 bits per heavy atom. The van der Waals surface area contributed by atoms with E-state index in [1.165, 1.54) is 50.2 Å². The standard InChI is InChI=1S/C22H18Br2Cl2N4O6S2/c1-11(31)27-19-5-3-13(7-17(19)25)37(33,34)29-21-9-15(23)16(24)10-22(21)30-38(35,36)14-4-6-20(18(26)8-14)28-12(2)32/h3-10,29-30H,1-2H3,(H,27,31)(H,28,32). The van der Waals surface area contributed by atoms with Crippen LogP contribution in [-0.4, -0.2) is 28.6 Å². The molecule has 0 aliphatic heterocycles. The van der Waals surface area contributed by atoms with E-state index in [1.807, 2.05) is 0 Å². The normalized spacial score (nSPS) is 11.5. The maximum Gasteiger partial charge on any atom is 0.262 e. The maximum absolute atomic E-state index is 13.1. The summed E-state index contributed by atoms with van der Waals surface area (Å²) in [4.78, 5) is 22.1. The Labute approximate surface area is 245 Å². The molecule has 0 radical (unpaired) electrons. The van der Waals surface area contributed by atoms with Crippen molar-refractivity contribution in [3.05, 3.63) is 67.5 Å². The molecule has 0 saturated carbocycles. The van der Waals surface area contributed by atoms with Crippen molar-refractivity contribution in [3.63, 3.8) is 0 Å². The number of halogens is 4. The summed E-state index contributed by atoms with van der Waals surface area (Å²) >= 11 is 18.8. The van der Waals surface area contributed by atoms with Crippen molar-refractivity contribution in [3.8, 4) is 0 Å². The van der Waals surface area contributed by atoms with Crippen LogP contribution in [-0.2, 0) is 29.6 Å². The molecule has 0 saturated heterocycles. The molecular weight excluding hydrogens is 711 g/mol. The number of hydrogen-bond donors (Lipinski definition) is 4. The van der Waals surface area contributed by atoms with Gasteiger partial charge in [-0.25, -0.2) is 16.8 Å². The second kappa shape index (κ2) is 11.8. The largest absolute Gasteiger partial charge is 0.325 e. The lowest BCUT2D eigenvalue weighted by Crippen LogP contribution is -2.18. The van der Waals surface area contributed by atoms with Crippen LogP contribution in [0.5, 0.6) is 0 Å². The van der Waals surface area contributed by atoms with Gasteiger partial charge in [0.05, 0.1) is 42.6 Å². The molecule has 0 heterocycles. The van der Waals surface area contributed by atoms with Crippen LogP contribution in [0, 0.1) is 0 Å². The monoisotopic (exact) mass is 726 g/mol. The van der Waals surface area contributed by atoms with Crippen LogP contribution in [0.2, 0.25) is 10.0 Å². The predicted octanol–water partition coefficient (Wildman–Crippen LogP) is 6.04. The summed E-state index contributed by atoms with van der Waals surface area (Å²) in [5.41, 5.74) is 0.237. The molecule has 2 amide bonds. The van der Waals surface area contributed by atoms with Gasteiger partial charge < -0.3 is 10.6 Å². The average Bonchev–Trinajstić information content (AvgIpc) is 2.79. The molecule has 3 aromatic carbocycles. The number of anilines is 4. The molecule has 0 spiro atoms. The van der Waals surface area contributed by atoms with Gasteiger partial charge in [-0.2, -0.15) is 0 Å². The number of benzene rings is 3. The van der Waals surface area contributed by atoms with E-state index in [4.69, 9.17) is 23.2 Å². The highest BCUT2D eigenvalue weighted by molar-refractivity contribution is 9.13. The average molecular weight is 729 g/mol. The summed E-state index contributed by atoms with van der Waals surface area (Å²) < 4.78 is 58.1. The first-order chi connectivity index (χ1) is 17.6. The molecule has 202 valence electrons. The SMILES string of the molecule is CC(=O)Nc1ccc(S(=O)(=O)Nc2cc(Br)c(Br)cc2NS(=O)(=O)c2ccc(NC(C)=O)c(Cl)c2)cc1Cl.